The lowest BCUT2D eigenvalue weighted by atomic mass is 9.73. The molecule has 5 rings (SSSR count). The average Bonchev–Trinajstić information content (AvgIpc) is 3.25. The van der Waals surface area contributed by atoms with E-state index in [4.69, 9.17) is 74.3 Å². The lowest BCUT2D eigenvalue weighted by Crippen LogP contribution is -2.46. The number of carbonyl (C=O) groups excluding carboxylic acids is 2. The van der Waals surface area contributed by atoms with Crippen LogP contribution in [-0.2, 0) is 4.74 Å². The van der Waals surface area contributed by atoms with Crippen LogP contribution in [0.3, 0.4) is 0 Å². The van der Waals surface area contributed by atoms with Gasteiger partial charge >= 0.3 is 0 Å². The van der Waals surface area contributed by atoms with Crippen LogP contribution in [0.5, 0.6) is 0 Å². The van der Waals surface area contributed by atoms with E-state index in [0.29, 0.717) is 21.9 Å². The van der Waals surface area contributed by atoms with Crippen molar-refractivity contribution in [2.45, 2.75) is 32.7 Å². The van der Waals surface area contributed by atoms with Crippen molar-refractivity contribution in [3.63, 3.8) is 0 Å². The Morgan fingerprint density at radius 1 is 0.839 bits per heavy atom. The molecule has 4 bridgehead atoms. The first-order valence-corrected chi connectivity index (χ1v) is 13.9. The summed E-state index contributed by atoms with van der Waals surface area (Å²) in [7, 11) is 8.46. The Balaban J connectivity index is 0.000000170. The van der Waals surface area contributed by atoms with Crippen molar-refractivity contribution in [2.24, 2.45) is 23.7 Å². The molecule has 3 saturated carbocycles. The summed E-state index contributed by atoms with van der Waals surface area (Å²) < 4.78 is 4.35. The van der Waals surface area contributed by atoms with Gasteiger partial charge in [0.15, 0.2) is 4.33 Å². The fourth-order valence-electron chi connectivity index (χ4n) is 5.52. The van der Waals surface area contributed by atoms with Gasteiger partial charge in [0, 0.05) is 49.8 Å². The molecule has 1 saturated heterocycles. The SMILES string of the molecule is CN(C)C(=O)SSC(=O)N(C)C.ClC1=C(Cl)[C@]2(Cl)[C@H]3[C@H]4C[C@H]([C@@H]5O[C@H]45)[C@H]3[C@@]1(Cl)C2(Cl)Cl. The van der Waals surface area contributed by atoms with Crippen molar-refractivity contribution in [2.75, 3.05) is 28.2 Å². The van der Waals surface area contributed by atoms with E-state index in [2.05, 4.69) is 0 Å². The Kier molecular flexibility index (Phi) is 6.54. The Bertz CT molecular complexity index is 809. The molecule has 5 aliphatic rings. The van der Waals surface area contributed by atoms with Gasteiger partial charge in [0.25, 0.3) is 10.5 Å². The molecule has 0 radical (unpaired) electrons. The van der Waals surface area contributed by atoms with E-state index in [1.807, 2.05) is 0 Å². The highest BCUT2D eigenvalue weighted by atomic mass is 35.5. The molecular weight excluding hydrogens is 569 g/mol. The second-order valence-corrected chi connectivity index (χ2v) is 14.1. The number of rotatable bonds is 0. The molecule has 1 aliphatic heterocycles. The third-order valence-corrected chi connectivity index (χ3v) is 13.3. The third kappa shape index (κ3) is 3.24. The highest BCUT2D eigenvalue weighted by molar-refractivity contribution is 8.87. The van der Waals surface area contributed by atoms with Gasteiger partial charge in [-0.1, -0.05) is 46.4 Å². The van der Waals surface area contributed by atoms with Crippen molar-refractivity contribution in [1.82, 2.24) is 9.80 Å². The van der Waals surface area contributed by atoms with Crippen LogP contribution in [0, 0.1) is 23.7 Å². The summed E-state index contributed by atoms with van der Waals surface area (Å²) in [5.74, 6) is 0.776. The van der Waals surface area contributed by atoms with Gasteiger partial charge in [-0.25, -0.2) is 0 Å². The minimum Gasteiger partial charge on any atom is -0.369 e. The normalized spacial score (nSPS) is 44.5. The number of fused-ring (bicyclic) bond motifs is 12. The Morgan fingerprint density at radius 3 is 1.52 bits per heavy atom. The Labute approximate surface area is 219 Å². The molecule has 31 heavy (non-hydrogen) atoms. The molecule has 174 valence electrons. The number of epoxide rings is 1. The predicted molar refractivity (Wildman–Crippen MR) is 131 cm³/mol. The van der Waals surface area contributed by atoms with E-state index in [1.165, 1.54) is 9.80 Å². The van der Waals surface area contributed by atoms with E-state index < -0.39 is 14.1 Å². The second-order valence-electron chi connectivity index (χ2n) is 8.79. The van der Waals surface area contributed by atoms with Crippen molar-refractivity contribution >= 4 is 102 Å². The van der Waals surface area contributed by atoms with Crippen LogP contribution in [0.1, 0.15) is 6.42 Å². The zero-order valence-corrected chi connectivity index (χ0v) is 23.0. The van der Waals surface area contributed by atoms with Gasteiger partial charge in [-0.3, -0.25) is 9.59 Å². The predicted octanol–water partition coefficient (Wildman–Crippen LogP) is 6.21. The van der Waals surface area contributed by atoms with E-state index in [0.717, 1.165) is 28.0 Å². The van der Waals surface area contributed by atoms with Crippen LogP contribution >= 0.6 is 91.2 Å². The molecular formula is C18H20Cl6N2O3S2. The number of ether oxygens (including phenoxy) is 1. The number of hydrogen-bond acceptors (Lipinski definition) is 5. The lowest BCUT2D eigenvalue weighted by molar-refractivity contribution is 0.237. The van der Waals surface area contributed by atoms with Crippen LogP contribution in [0.15, 0.2) is 10.1 Å². The number of hydrogen-bond donors (Lipinski definition) is 0. The molecule has 4 fully saturated rings. The topological polar surface area (TPSA) is 53.2 Å². The van der Waals surface area contributed by atoms with Gasteiger partial charge in [0.2, 0.25) is 0 Å². The van der Waals surface area contributed by atoms with E-state index in [1.54, 1.807) is 28.2 Å². The Morgan fingerprint density at radius 2 is 1.19 bits per heavy atom. The minimum absolute atomic E-state index is 0.0467. The summed E-state index contributed by atoms with van der Waals surface area (Å²) in [5, 5.41) is 0.383. The van der Waals surface area contributed by atoms with Gasteiger partial charge < -0.3 is 14.5 Å². The number of carbonyl (C=O) groups is 2. The molecule has 0 spiro atoms. The van der Waals surface area contributed by atoms with E-state index in [9.17, 15) is 9.59 Å². The molecule has 0 aromatic rings. The molecule has 1 heterocycles. The molecule has 4 aliphatic carbocycles. The largest absolute Gasteiger partial charge is 0.369 e. The highest BCUT2D eigenvalue weighted by Crippen LogP contribution is 2.84. The summed E-state index contributed by atoms with van der Waals surface area (Å²) in [6.07, 6.45) is 1.63. The van der Waals surface area contributed by atoms with Crippen LogP contribution in [0.25, 0.3) is 0 Å². The van der Waals surface area contributed by atoms with Gasteiger partial charge in [0.1, 0.15) is 9.75 Å². The first-order valence-electron chi connectivity index (χ1n) is 9.47. The van der Waals surface area contributed by atoms with Gasteiger partial charge in [-0.2, -0.15) is 0 Å². The number of nitrogens with zero attached hydrogens (tertiary/aromatic N) is 2. The third-order valence-electron chi connectivity index (χ3n) is 6.84. The molecule has 0 aromatic carbocycles. The average molecular weight is 589 g/mol. The quantitative estimate of drug-likeness (QED) is 0.146. The first-order chi connectivity index (χ1) is 14.2. The fourth-order valence-corrected chi connectivity index (χ4v) is 10.4. The maximum Gasteiger partial charge on any atom is 0.292 e. The highest BCUT2D eigenvalue weighted by Gasteiger charge is 2.89. The van der Waals surface area contributed by atoms with Crippen LogP contribution < -0.4 is 0 Å². The molecule has 0 unspecified atom stereocenters. The minimum atomic E-state index is -1.37. The van der Waals surface area contributed by atoms with E-state index in [-0.39, 0.29) is 34.5 Å². The van der Waals surface area contributed by atoms with Crippen molar-refractivity contribution in [1.29, 1.82) is 0 Å². The zero-order chi connectivity index (χ0) is 23.3. The monoisotopic (exact) mass is 586 g/mol. The summed E-state index contributed by atoms with van der Waals surface area (Å²) in [6, 6.07) is 0. The Hall–Kier alpha value is 1.08. The van der Waals surface area contributed by atoms with Crippen LogP contribution in [0.2, 0.25) is 0 Å². The van der Waals surface area contributed by atoms with E-state index >= 15 is 0 Å². The summed E-state index contributed by atoms with van der Waals surface area (Å²) in [6.45, 7) is 0. The molecule has 5 nitrogen and oxygen atoms in total. The second kappa shape index (κ2) is 8.06. The van der Waals surface area contributed by atoms with Crippen molar-refractivity contribution in [3.05, 3.63) is 10.1 Å². The number of alkyl halides is 4. The molecule has 13 heteroatoms. The molecule has 8 atom stereocenters. The van der Waals surface area contributed by atoms with Crippen LogP contribution in [0.4, 0.5) is 9.59 Å². The summed E-state index contributed by atoms with van der Waals surface area (Å²) >= 11 is 39.5. The van der Waals surface area contributed by atoms with Gasteiger partial charge in [0.05, 0.1) is 22.3 Å². The number of halogens is 6. The maximum absolute atomic E-state index is 11.0. The number of amides is 2. The van der Waals surface area contributed by atoms with Crippen molar-refractivity contribution in [3.8, 4) is 0 Å². The lowest BCUT2D eigenvalue weighted by Gasteiger charge is -2.38. The summed E-state index contributed by atoms with van der Waals surface area (Å²) in [4.78, 5) is 22.6. The zero-order valence-electron chi connectivity index (χ0n) is 16.9. The molecule has 0 N–H and O–H groups in total. The summed E-state index contributed by atoms with van der Waals surface area (Å²) in [5.41, 5.74) is 0. The fraction of sp³-hybridized carbons (Fsp3) is 0.778. The van der Waals surface area contributed by atoms with Crippen molar-refractivity contribution < 1.29 is 14.3 Å². The van der Waals surface area contributed by atoms with Gasteiger partial charge in [-0.15, -0.1) is 23.2 Å². The smallest absolute Gasteiger partial charge is 0.292 e. The van der Waals surface area contributed by atoms with Crippen LogP contribution in [-0.4, -0.2) is 74.8 Å². The maximum atomic E-state index is 11.0. The molecule has 0 aromatic heterocycles. The number of allylic oxidation sites excluding steroid dienone is 2. The molecule has 2 amide bonds. The standard InChI is InChI=1S/C12H8Cl6O.C6H12N2O2S2/c13-8-9(14)11(16)5-3-1-2(6-7(3)19-6)4(5)10(8,15)12(11,17)18;1-7(2)5(9)11-12-6(10)8(3)4/h2-7H,1H2;1-4H3/t2-,3+,4+,5-,6-,7+,10-,11+;. The van der Waals surface area contributed by atoms with Gasteiger partial charge in [-0.05, 0) is 30.1 Å². The first kappa shape index (κ1) is 25.2.